The molecule has 0 aliphatic heterocycles. The molecule has 0 saturated heterocycles. The Balaban J connectivity index is 1.60. The van der Waals surface area contributed by atoms with Gasteiger partial charge in [-0.1, -0.05) is 36.0 Å². The lowest BCUT2D eigenvalue weighted by atomic mass is 10.3. The zero-order valence-corrected chi connectivity index (χ0v) is 11.5. The normalized spacial score (nSPS) is 10.4. The van der Waals surface area contributed by atoms with Crippen molar-refractivity contribution in [2.45, 2.75) is 10.9 Å². The molecule has 0 atom stereocenters. The average molecular weight is 283 g/mol. The summed E-state index contributed by atoms with van der Waals surface area (Å²) in [5.41, 5.74) is 1.99. The number of nitrogens with zero attached hydrogens (tertiary/aromatic N) is 3. The van der Waals surface area contributed by atoms with Gasteiger partial charge >= 0.3 is 0 Å². The van der Waals surface area contributed by atoms with Crippen LogP contribution in [0.2, 0.25) is 0 Å². The highest BCUT2D eigenvalue weighted by Crippen LogP contribution is 2.20. The van der Waals surface area contributed by atoms with Crippen LogP contribution < -0.4 is 5.32 Å². The Bertz CT molecular complexity index is 654. The van der Waals surface area contributed by atoms with Gasteiger partial charge in [-0.3, -0.25) is 10.1 Å². The smallest absolute Gasteiger partial charge is 0.247 e. The number of nitrogens with one attached hydrogen (secondary N) is 2. The Morgan fingerprint density at radius 1 is 1.05 bits per heavy atom. The number of pyridine rings is 1. The van der Waals surface area contributed by atoms with E-state index in [9.17, 15) is 0 Å². The number of H-pyrrole nitrogens is 1. The molecule has 0 spiro atoms. The Labute approximate surface area is 120 Å². The monoisotopic (exact) mass is 283 g/mol. The first-order valence-electron chi connectivity index (χ1n) is 6.17. The topological polar surface area (TPSA) is 66.5 Å². The molecule has 1 aromatic carbocycles. The van der Waals surface area contributed by atoms with Gasteiger partial charge in [0, 0.05) is 17.6 Å². The van der Waals surface area contributed by atoms with Crippen molar-refractivity contribution in [2.24, 2.45) is 0 Å². The van der Waals surface area contributed by atoms with E-state index in [0.29, 0.717) is 5.95 Å². The summed E-state index contributed by atoms with van der Waals surface area (Å²) in [7, 11) is 0. The van der Waals surface area contributed by atoms with Crippen molar-refractivity contribution in [3.8, 4) is 0 Å². The highest BCUT2D eigenvalue weighted by atomic mass is 32.2. The van der Waals surface area contributed by atoms with Gasteiger partial charge in [-0.25, -0.2) is 0 Å². The molecule has 20 heavy (non-hydrogen) atoms. The lowest BCUT2D eigenvalue weighted by Crippen LogP contribution is -1.91. The van der Waals surface area contributed by atoms with Crippen LogP contribution in [0.1, 0.15) is 5.69 Å². The van der Waals surface area contributed by atoms with Crippen LogP contribution in [0.4, 0.5) is 11.6 Å². The number of hydrogen-bond acceptors (Lipinski definition) is 5. The van der Waals surface area contributed by atoms with Gasteiger partial charge < -0.3 is 5.32 Å². The third kappa shape index (κ3) is 3.36. The predicted molar refractivity (Wildman–Crippen MR) is 79.9 cm³/mol. The molecule has 6 heteroatoms. The van der Waals surface area contributed by atoms with E-state index in [4.69, 9.17) is 0 Å². The van der Waals surface area contributed by atoms with Crippen molar-refractivity contribution in [3.05, 3.63) is 60.4 Å². The molecule has 0 radical (unpaired) electrons. The molecule has 0 aliphatic rings. The van der Waals surface area contributed by atoms with E-state index in [2.05, 4.69) is 25.5 Å². The van der Waals surface area contributed by atoms with Crippen LogP contribution in [0, 0.1) is 0 Å². The predicted octanol–water partition coefficient (Wildman–Crippen LogP) is 3.24. The van der Waals surface area contributed by atoms with Crippen LogP contribution >= 0.6 is 11.8 Å². The van der Waals surface area contributed by atoms with Crippen LogP contribution in [-0.2, 0) is 5.75 Å². The summed E-state index contributed by atoms with van der Waals surface area (Å²) in [6, 6.07) is 15.7. The molecule has 0 unspecified atom stereocenters. The second kappa shape index (κ2) is 6.21. The van der Waals surface area contributed by atoms with E-state index >= 15 is 0 Å². The summed E-state index contributed by atoms with van der Waals surface area (Å²) >= 11 is 1.57. The zero-order chi connectivity index (χ0) is 13.6. The van der Waals surface area contributed by atoms with Gasteiger partial charge in [-0.05, 0) is 24.3 Å². The van der Waals surface area contributed by atoms with Crippen molar-refractivity contribution in [2.75, 3.05) is 5.32 Å². The third-order valence-electron chi connectivity index (χ3n) is 2.58. The Hall–Kier alpha value is -2.34. The van der Waals surface area contributed by atoms with Gasteiger partial charge in [-0.15, -0.1) is 5.10 Å². The zero-order valence-electron chi connectivity index (χ0n) is 10.7. The molecule has 2 aromatic heterocycles. The van der Waals surface area contributed by atoms with Crippen molar-refractivity contribution in [3.63, 3.8) is 0 Å². The fraction of sp³-hybridized carbons (Fsp3) is 0.0714. The molecule has 100 valence electrons. The first kappa shape index (κ1) is 12.7. The highest BCUT2D eigenvalue weighted by Gasteiger charge is 2.04. The van der Waals surface area contributed by atoms with E-state index in [0.717, 1.165) is 22.3 Å². The molecule has 3 aromatic rings. The summed E-state index contributed by atoms with van der Waals surface area (Å²) in [4.78, 5) is 8.65. The van der Waals surface area contributed by atoms with Crippen LogP contribution in [0.25, 0.3) is 0 Å². The minimum Gasteiger partial charge on any atom is -0.323 e. The molecule has 0 aliphatic carbocycles. The molecule has 0 saturated carbocycles. The van der Waals surface area contributed by atoms with E-state index in [-0.39, 0.29) is 0 Å². The maximum Gasteiger partial charge on any atom is 0.247 e. The van der Waals surface area contributed by atoms with E-state index in [1.54, 1.807) is 18.0 Å². The van der Waals surface area contributed by atoms with E-state index in [1.165, 1.54) is 0 Å². The van der Waals surface area contributed by atoms with Gasteiger partial charge in [-0.2, -0.15) is 4.98 Å². The highest BCUT2D eigenvalue weighted by molar-refractivity contribution is 7.98. The fourth-order valence-electron chi connectivity index (χ4n) is 1.64. The summed E-state index contributed by atoms with van der Waals surface area (Å²) in [6.07, 6.45) is 1.79. The number of rotatable bonds is 5. The lowest BCUT2D eigenvalue weighted by molar-refractivity contribution is 0.971. The molecular formula is C14H13N5S. The molecule has 0 bridgehead atoms. The maximum atomic E-state index is 4.38. The van der Waals surface area contributed by atoms with Crippen LogP contribution in [0.3, 0.4) is 0 Å². The maximum absolute atomic E-state index is 4.38. The van der Waals surface area contributed by atoms with Gasteiger partial charge in [0.25, 0.3) is 0 Å². The van der Waals surface area contributed by atoms with Gasteiger partial charge in [0.2, 0.25) is 5.95 Å². The SMILES string of the molecule is c1ccc(Nc2n[nH]c(SCc3ccccn3)n2)cc1. The standard InChI is InChI=1S/C14H13N5S/c1-2-6-11(7-3-1)16-13-17-14(19-18-13)20-10-12-8-4-5-9-15-12/h1-9H,10H2,(H2,16,17,18,19). The fourth-order valence-corrected chi connectivity index (χ4v) is 2.36. The number of thioether (sulfide) groups is 1. The second-order valence-corrected chi connectivity index (χ2v) is 5.03. The summed E-state index contributed by atoms with van der Waals surface area (Å²) in [5, 5.41) is 11.0. The largest absolute Gasteiger partial charge is 0.323 e. The number of aromatic amines is 1. The Morgan fingerprint density at radius 3 is 2.70 bits per heavy atom. The Kier molecular flexibility index (Phi) is 3.93. The lowest BCUT2D eigenvalue weighted by Gasteiger charge is -1.99. The number of para-hydroxylation sites is 1. The average Bonchev–Trinajstić information content (AvgIpc) is 2.95. The number of benzene rings is 1. The van der Waals surface area contributed by atoms with E-state index < -0.39 is 0 Å². The third-order valence-corrected chi connectivity index (χ3v) is 3.47. The van der Waals surface area contributed by atoms with Crippen molar-refractivity contribution in [1.82, 2.24) is 20.2 Å². The van der Waals surface area contributed by atoms with Crippen LogP contribution in [0.5, 0.6) is 0 Å². The molecule has 2 heterocycles. The molecule has 5 nitrogen and oxygen atoms in total. The first-order chi connectivity index (χ1) is 9.90. The molecule has 3 rings (SSSR count). The van der Waals surface area contributed by atoms with Crippen molar-refractivity contribution >= 4 is 23.4 Å². The minimum absolute atomic E-state index is 0.569. The quantitative estimate of drug-likeness (QED) is 0.704. The number of aromatic nitrogens is 4. The summed E-state index contributed by atoms with van der Waals surface area (Å²) in [5.74, 6) is 1.33. The molecule has 2 N–H and O–H groups in total. The number of anilines is 2. The molecular weight excluding hydrogens is 270 g/mol. The first-order valence-corrected chi connectivity index (χ1v) is 7.16. The number of hydrogen-bond donors (Lipinski definition) is 2. The Morgan fingerprint density at radius 2 is 1.90 bits per heavy atom. The summed E-state index contributed by atoms with van der Waals surface area (Å²) in [6.45, 7) is 0. The molecule has 0 fully saturated rings. The van der Waals surface area contributed by atoms with Gasteiger partial charge in [0.1, 0.15) is 0 Å². The summed E-state index contributed by atoms with van der Waals surface area (Å²) < 4.78 is 0. The van der Waals surface area contributed by atoms with Gasteiger partial charge in [0.05, 0.1) is 5.69 Å². The van der Waals surface area contributed by atoms with Crippen molar-refractivity contribution < 1.29 is 0 Å². The van der Waals surface area contributed by atoms with Gasteiger partial charge in [0.15, 0.2) is 5.16 Å². The van der Waals surface area contributed by atoms with Crippen LogP contribution in [-0.4, -0.2) is 20.2 Å². The van der Waals surface area contributed by atoms with Crippen LogP contribution in [0.15, 0.2) is 59.9 Å². The molecule has 0 amide bonds. The van der Waals surface area contributed by atoms with E-state index in [1.807, 2.05) is 48.5 Å². The second-order valence-electron chi connectivity index (χ2n) is 4.06. The van der Waals surface area contributed by atoms with Crippen molar-refractivity contribution in [1.29, 1.82) is 0 Å². The minimum atomic E-state index is 0.569.